The van der Waals surface area contributed by atoms with E-state index in [1.165, 1.54) is 10.1 Å². The molecular weight excluding hydrogens is 524 g/mol. The molecule has 4 aromatic heterocycles. The summed E-state index contributed by atoms with van der Waals surface area (Å²) in [5.41, 5.74) is 4.93. The maximum absolute atomic E-state index is 6.18. The first-order valence-electron chi connectivity index (χ1n) is 13.5. The Hall–Kier alpha value is -5.33. The zero-order valence-electron chi connectivity index (χ0n) is 21.7. The van der Waals surface area contributed by atoms with Gasteiger partial charge in [-0.15, -0.1) is 11.3 Å². The first kappa shape index (κ1) is 22.5. The lowest BCUT2D eigenvalue weighted by Gasteiger charge is -2.11. The maximum Gasteiger partial charge on any atom is 0.238 e. The molecule has 9 aromatic rings. The number of nitrogens with zero attached hydrogens (tertiary/aromatic N) is 4. The highest BCUT2D eigenvalue weighted by atomic mass is 32.1. The van der Waals surface area contributed by atoms with Crippen molar-refractivity contribution >= 4 is 64.3 Å². The van der Waals surface area contributed by atoms with E-state index in [1.807, 2.05) is 60.7 Å². The molecule has 0 saturated carbocycles. The fourth-order valence-electron chi connectivity index (χ4n) is 5.97. The second-order valence-corrected chi connectivity index (χ2v) is 11.1. The van der Waals surface area contributed by atoms with Gasteiger partial charge >= 0.3 is 0 Å². The van der Waals surface area contributed by atoms with Gasteiger partial charge in [-0.3, -0.25) is 4.57 Å². The second-order valence-electron chi connectivity index (χ2n) is 10.1. The number of aromatic nitrogens is 4. The first-order valence-corrected chi connectivity index (χ1v) is 14.3. The van der Waals surface area contributed by atoms with Crippen LogP contribution in [0.25, 0.3) is 81.7 Å². The van der Waals surface area contributed by atoms with Crippen molar-refractivity contribution in [2.75, 3.05) is 0 Å². The van der Waals surface area contributed by atoms with Crippen LogP contribution in [0.2, 0.25) is 0 Å². The summed E-state index contributed by atoms with van der Waals surface area (Å²) < 4.78 is 10.8. The molecule has 5 nitrogen and oxygen atoms in total. The fraction of sp³-hybridized carbons (Fsp3) is 0. The molecule has 0 radical (unpaired) electrons. The molecule has 192 valence electrons. The van der Waals surface area contributed by atoms with Crippen LogP contribution in [0.5, 0.6) is 0 Å². The predicted molar refractivity (Wildman–Crippen MR) is 168 cm³/mol. The predicted octanol–water partition coefficient (Wildman–Crippen LogP) is 9.42. The van der Waals surface area contributed by atoms with Gasteiger partial charge in [0.2, 0.25) is 5.95 Å². The Kier molecular flexibility index (Phi) is 4.71. The van der Waals surface area contributed by atoms with E-state index in [9.17, 15) is 0 Å². The van der Waals surface area contributed by atoms with E-state index in [0.29, 0.717) is 17.6 Å². The third-order valence-corrected chi connectivity index (χ3v) is 8.91. The highest BCUT2D eigenvalue weighted by molar-refractivity contribution is 7.27. The molecule has 5 aromatic carbocycles. The Morgan fingerprint density at radius 2 is 1.20 bits per heavy atom. The average Bonchev–Trinajstić information content (AvgIpc) is 3.75. The topological polar surface area (TPSA) is 56.7 Å². The molecule has 6 heteroatoms. The van der Waals surface area contributed by atoms with Gasteiger partial charge in [0, 0.05) is 42.8 Å². The van der Waals surface area contributed by atoms with Crippen molar-refractivity contribution in [2.45, 2.75) is 0 Å². The van der Waals surface area contributed by atoms with Crippen LogP contribution < -0.4 is 0 Å². The summed E-state index contributed by atoms with van der Waals surface area (Å²) in [4.78, 5) is 15.2. The third-order valence-electron chi connectivity index (χ3n) is 7.73. The lowest BCUT2D eigenvalue weighted by atomic mass is 10.0. The van der Waals surface area contributed by atoms with Gasteiger partial charge in [0.15, 0.2) is 11.6 Å². The van der Waals surface area contributed by atoms with Crippen LogP contribution >= 0.6 is 11.3 Å². The number of benzene rings is 5. The van der Waals surface area contributed by atoms with E-state index in [0.717, 1.165) is 54.0 Å². The lowest BCUT2D eigenvalue weighted by molar-refractivity contribution is 0.619. The van der Waals surface area contributed by atoms with Gasteiger partial charge in [-0.05, 0) is 18.2 Å². The number of hydrogen-bond donors (Lipinski definition) is 0. The molecule has 0 aliphatic heterocycles. The minimum absolute atomic E-state index is 0.588. The van der Waals surface area contributed by atoms with Crippen LogP contribution in [0.1, 0.15) is 0 Å². The van der Waals surface area contributed by atoms with Crippen molar-refractivity contribution < 1.29 is 4.42 Å². The first-order chi connectivity index (χ1) is 20.3. The van der Waals surface area contributed by atoms with E-state index in [-0.39, 0.29) is 0 Å². The fourth-order valence-corrected chi connectivity index (χ4v) is 7.21. The maximum atomic E-state index is 6.18. The van der Waals surface area contributed by atoms with Gasteiger partial charge in [-0.25, -0.2) is 4.98 Å². The van der Waals surface area contributed by atoms with Crippen molar-refractivity contribution in [3.05, 3.63) is 122 Å². The zero-order valence-corrected chi connectivity index (χ0v) is 22.5. The van der Waals surface area contributed by atoms with Crippen LogP contribution in [0.4, 0.5) is 0 Å². The SMILES string of the molecule is c1ccc(-c2nc(-c3ccccc3)nc(-n3c4ccccc4c4c5ccoc5c5c6ccccc6sc5c43)n2)cc1. The molecule has 0 bridgehead atoms. The average molecular weight is 545 g/mol. The lowest BCUT2D eigenvalue weighted by Crippen LogP contribution is -2.06. The molecule has 0 N–H and O–H groups in total. The van der Waals surface area contributed by atoms with Crippen molar-refractivity contribution in [1.29, 1.82) is 0 Å². The van der Waals surface area contributed by atoms with Gasteiger partial charge in [-0.2, -0.15) is 9.97 Å². The molecule has 0 amide bonds. The zero-order chi connectivity index (χ0) is 26.9. The molecular formula is C35H20N4OS. The number of rotatable bonds is 3. The molecule has 0 unspecified atom stereocenters. The van der Waals surface area contributed by atoms with Gasteiger partial charge < -0.3 is 4.42 Å². The highest BCUT2D eigenvalue weighted by Gasteiger charge is 2.24. The number of thiophene rings is 1. The van der Waals surface area contributed by atoms with E-state index >= 15 is 0 Å². The molecule has 0 fully saturated rings. The summed E-state index contributed by atoms with van der Waals surface area (Å²) in [6.07, 6.45) is 1.80. The Morgan fingerprint density at radius 1 is 0.561 bits per heavy atom. The standard InChI is InChI=1S/C35H20N4OS/c1-3-11-21(12-4-1)33-36-34(22-13-5-2-6-14-22)38-35(37-33)39-26-17-9-7-15-23(26)28-25-19-20-40-31(25)29-24-16-8-10-18-27(24)41-32(29)30(28)39/h1-20H. The van der Waals surface area contributed by atoms with Crippen LogP contribution in [0.3, 0.4) is 0 Å². The van der Waals surface area contributed by atoms with Crippen LogP contribution in [-0.4, -0.2) is 19.5 Å². The number of fused-ring (bicyclic) bond motifs is 10. The van der Waals surface area contributed by atoms with Crippen molar-refractivity contribution in [2.24, 2.45) is 0 Å². The Labute approximate surface area is 238 Å². The Morgan fingerprint density at radius 3 is 1.93 bits per heavy atom. The van der Waals surface area contributed by atoms with Crippen molar-refractivity contribution in [3.8, 4) is 28.7 Å². The molecule has 0 spiro atoms. The van der Waals surface area contributed by atoms with E-state index in [1.54, 1.807) is 17.6 Å². The largest absolute Gasteiger partial charge is 0.464 e. The number of hydrogen-bond acceptors (Lipinski definition) is 5. The summed E-state index contributed by atoms with van der Waals surface area (Å²) in [5, 5.41) is 5.69. The number of furan rings is 1. The van der Waals surface area contributed by atoms with Gasteiger partial charge in [0.05, 0.1) is 22.0 Å². The summed E-state index contributed by atoms with van der Waals surface area (Å²) >= 11 is 1.78. The summed E-state index contributed by atoms with van der Waals surface area (Å²) in [6.45, 7) is 0. The van der Waals surface area contributed by atoms with E-state index < -0.39 is 0 Å². The van der Waals surface area contributed by atoms with Crippen molar-refractivity contribution in [1.82, 2.24) is 19.5 Å². The van der Waals surface area contributed by atoms with Crippen LogP contribution in [0, 0.1) is 0 Å². The van der Waals surface area contributed by atoms with E-state index in [2.05, 4.69) is 59.2 Å². The minimum Gasteiger partial charge on any atom is -0.464 e. The Balaban J connectivity index is 1.49. The van der Waals surface area contributed by atoms with Gasteiger partial charge in [0.25, 0.3) is 0 Å². The molecule has 41 heavy (non-hydrogen) atoms. The van der Waals surface area contributed by atoms with Crippen molar-refractivity contribution in [3.63, 3.8) is 0 Å². The van der Waals surface area contributed by atoms with Crippen LogP contribution in [-0.2, 0) is 0 Å². The monoisotopic (exact) mass is 544 g/mol. The summed E-state index contributed by atoms with van der Waals surface area (Å²) in [6, 6.07) is 39.3. The number of para-hydroxylation sites is 1. The smallest absolute Gasteiger partial charge is 0.238 e. The molecule has 4 heterocycles. The quantitative estimate of drug-likeness (QED) is 0.222. The van der Waals surface area contributed by atoms with Crippen LogP contribution in [0.15, 0.2) is 126 Å². The van der Waals surface area contributed by atoms with Gasteiger partial charge in [0.1, 0.15) is 5.58 Å². The summed E-state index contributed by atoms with van der Waals surface area (Å²) in [7, 11) is 0. The normalized spacial score (nSPS) is 11.9. The molecule has 0 saturated heterocycles. The minimum atomic E-state index is 0.588. The Bertz CT molecular complexity index is 2360. The molecule has 0 atom stereocenters. The van der Waals surface area contributed by atoms with Gasteiger partial charge in [-0.1, -0.05) is 97.1 Å². The van der Waals surface area contributed by atoms with E-state index in [4.69, 9.17) is 19.4 Å². The molecule has 9 rings (SSSR count). The molecule has 0 aliphatic carbocycles. The second kappa shape index (κ2) is 8.58. The summed E-state index contributed by atoms with van der Waals surface area (Å²) in [5.74, 6) is 1.86. The highest BCUT2D eigenvalue weighted by Crippen LogP contribution is 2.47. The third kappa shape index (κ3) is 3.25. The molecule has 0 aliphatic rings.